The fraction of sp³-hybridized carbons (Fsp3) is 0.500. The highest BCUT2D eigenvalue weighted by molar-refractivity contribution is 6.82. The first-order valence-electron chi connectivity index (χ1n) is 5.70. The minimum absolute atomic E-state index is 0.636. The van der Waals surface area contributed by atoms with Crippen molar-refractivity contribution in [3.63, 3.8) is 0 Å². The zero-order valence-electron chi connectivity index (χ0n) is 10.6. The third-order valence-corrected chi connectivity index (χ3v) is 11.6. The van der Waals surface area contributed by atoms with Crippen molar-refractivity contribution in [2.75, 3.05) is 7.05 Å². The maximum Gasteiger partial charge on any atom is 0.119 e. The molecule has 0 N–H and O–H groups in total. The number of benzene rings is 1. The van der Waals surface area contributed by atoms with Crippen LogP contribution in [0.15, 0.2) is 30.3 Å². The second-order valence-electron chi connectivity index (χ2n) is 5.18. The molecule has 1 rings (SSSR count). The predicted molar refractivity (Wildman–Crippen MR) is 74.3 cm³/mol. The average Bonchev–Trinajstić information content (AvgIpc) is 2.17. The molecule has 0 bridgehead atoms. The Morgan fingerprint density at radius 2 is 1.67 bits per heavy atom. The van der Waals surface area contributed by atoms with Gasteiger partial charge in [0.2, 0.25) is 0 Å². The number of rotatable bonds is 4. The minimum atomic E-state index is -1.22. The second kappa shape index (κ2) is 5.10. The number of nitrogens with zero attached hydrogens (tertiary/aromatic N) is 1. The van der Waals surface area contributed by atoms with E-state index in [4.69, 9.17) is 0 Å². The van der Waals surface area contributed by atoms with Crippen LogP contribution in [0.5, 0.6) is 0 Å². The van der Waals surface area contributed by atoms with Gasteiger partial charge in [0.15, 0.2) is 0 Å². The van der Waals surface area contributed by atoms with Gasteiger partial charge < -0.3 is 4.23 Å². The fourth-order valence-electron chi connectivity index (χ4n) is 1.92. The molecule has 0 fully saturated rings. The smallest absolute Gasteiger partial charge is 0.119 e. The summed E-state index contributed by atoms with van der Waals surface area (Å²) < 4.78 is 2.71. The Labute approximate surface area is 96.9 Å². The van der Waals surface area contributed by atoms with E-state index in [9.17, 15) is 0 Å². The molecule has 15 heavy (non-hydrogen) atoms. The van der Waals surface area contributed by atoms with E-state index in [0.717, 1.165) is 0 Å². The lowest BCUT2D eigenvalue weighted by Crippen LogP contribution is -2.53. The quantitative estimate of drug-likeness (QED) is 0.728. The van der Waals surface area contributed by atoms with Gasteiger partial charge in [-0.25, -0.2) is 0 Å². The first-order valence-corrected chi connectivity index (χ1v) is 11.7. The van der Waals surface area contributed by atoms with Crippen molar-refractivity contribution in [2.24, 2.45) is 0 Å². The van der Waals surface area contributed by atoms with Gasteiger partial charge in [-0.3, -0.25) is 0 Å². The van der Waals surface area contributed by atoms with Crippen LogP contribution in [-0.2, 0) is 6.04 Å². The van der Waals surface area contributed by atoms with Crippen LogP contribution in [0, 0.1) is 0 Å². The minimum Gasteiger partial charge on any atom is -0.351 e. The predicted octanol–water partition coefficient (Wildman–Crippen LogP) is 2.89. The van der Waals surface area contributed by atoms with E-state index in [1.54, 1.807) is 0 Å². The SMILES string of the molecule is CN([SiH](C)C)[Si](C)(C)Cc1ccccc1. The molecule has 0 aliphatic carbocycles. The van der Waals surface area contributed by atoms with Gasteiger partial charge in [-0.05, 0) is 18.7 Å². The number of hydrogen-bond donors (Lipinski definition) is 0. The summed E-state index contributed by atoms with van der Waals surface area (Å²) in [6.07, 6.45) is 0. The van der Waals surface area contributed by atoms with Gasteiger partial charge in [0.25, 0.3) is 0 Å². The summed E-state index contributed by atoms with van der Waals surface area (Å²) in [5.74, 6) is 0. The zero-order valence-corrected chi connectivity index (χ0v) is 12.8. The van der Waals surface area contributed by atoms with Gasteiger partial charge in [0, 0.05) is 0 Å². The molecule has 0 saturated heterocycles. The molecule has 0 spiro atoms. The summed E-state index contributed by atoms with van der Waals surface area (Å²) in [6, 6.07) is 12.2. The van der Waals surface area contributed by atoms with Gasteiger partial charge in [0.05, 0.1) is 8.96 Å². The highest BCUT2D eigenvalue weighted by Crippen LogP contribution is 2.16. The molecular weight excluding hydrogens is 214 g/mol. The molecule has 0 aliphatic rings. The van der Waals surface area contributed by atoms with Gasteiger partial charge in [-0.1, -0.05) is 56.5 Å². The summed E-state index contributed by atoms with van der Waals surface area (Å²) in [6.45, 7) is 9.79. The lowest BCUT2D eigenvalue weighted by molar-refractivity contribution is 0.767. The van der Waals surface area contributed by atoms with Crippen molar-refractivity contribution in [2.45, 2.75) is 32.2 Å². The van der Waals surface area contributed by atoms with Crippen LogP contribution in [-0.4, -0.2) is 28.5 Å². The van der Waals surface area contributed by atoms with Crippen molar-refractivity contribution in [3.8, 4) is 0 Å². The Morgan fingerprint density at radius 1 is 1.13 bits per heavy atom. The molecule has 1 aromatic rings. The Hall–Kier alpha value is -0.386. The third-order valence-electron chi connectivity index (χ3n) is 3.21. The normalized spacial score (nSPS) is 12.5. The van der Waals surface area contributed by atoms with Crippen molar-refractivity contribution < 1.29 is 0 Å². The van der Waals surface area contributed by atoms with Crippen LogP contribution in [0.2, 0.25) is 26.2 Å². The highest BCUT2D eigenvalue weighted by Gasteiger charge is 2.28. The topological polar surface area (TPSA) is 3.24 Å². The molecule has 0 saturated carbocycles. The third kappa shape index (κ3) is 3.59. The van der Waals surface area contributed by atoms with Crippen molar-refractivity contribution in [1.82, 2.24) is 4.23 Å². The van der Waals surface area contributed by atoms with E-state index >= 15 is 0 Å². The maximum absolute atomic E-state index is 2.71. The summed E-state index contributed by atoms with van der Waals surface area (Å²) in [5, 5.41) is 0. The number of hydrogen-bond acceptors (Lipinski definition) is 1. The zero-order chi connectivity index (χ0) is 11.5. The van der Waals surface area contributed by atoms with Gasteiger partial charge in [0.1, 0.15) is 8.24 Å². The molecular formula is C12H23NSi2. The Bertz CT molecular complexity index is 296. The molecule has 0 radical (unpaired) electrons. The average molecular weight is 237 g/mol. The molecule has 0 aliphatic heterocycles. The van der Waals surface area contributed by atoms with E-state index in [1.165, 1.54) is 11.6 Å². The Kier molecular flexibility index (Phi) is 4.31. The van der Waals surface area contributed by atoms with Crippen molar-refractivity contribution >= 4 is 17.2 Å². The summed E-state index contributed by atoms with van der Waals surface area (Å²) >= 11 is 0. The monoisotopic (exact) mass is 237 g/mol. The van der Waals surface area contributed by atoms with E-state index < -0.39 is 17.2 Å². The van der Waals surface area contributed by atoms with E-state index in [2.05, 4.69) is 67.8 Å². The van der Waals surface area contributed by atoms with Crippen LogP contribution in [0.4, 0.5) is 0 Å². The first kappa shape index (κ1) is 12.7. The molecule has 1 nitrogen and oxygen atoms in total. The highest BCUT2D eigenvalue weighted by atomic mass is 28.4. The summed E-state index contributed by atoms with van der Waals surface area (Å²) in [4.78, 5) is 0. The molecule has 0 amide bonds. The standard InChI is InChI=1S/C12H23NSi2/c1-13(14(2)3)15(4,5)11-12-9-7-6-8-10-12/h6-10,14H,11H2,1-5H3. The Balaban J connectivity index is 2.72. The first-order chi connectivity index (χ1) is 6.93. The van der Waals surface area contributed by atoms with Gasteiger partial charge in [-0.15, -0.1) is 0 Å². The van der Waals surface area contributed by atoms with E-state index in [1.807, 2.05) is 0 Å². The second-order valence-corrected chi connectivity index (χ2v) is 13.3. The van der Waals surface area contributed by atoms with Crippen molar-refractivity contribution in [1.29, 1.82) is 0 Å². The van der Waals surface area contributed by atoms with Crippen LogP contribution in [0.25, 0.3) is 0 Å². The summed E-state index contributed by atoms with van der Waals surface area (Å²) in [7, 11) is 0.474. The van der Waals surface area contributed by atoms with Gasteiger partial charge >= 0.3 is 0 Å². The lowest BCUT2D eigenvalue weighted by atomic mass is 10.2. The summed E-state index contributed by atoms with van der Waals surface area (Å²) in [5.41, 5.74) is 1.50. The molecule has 0 aromatic heterocycles. The van der Waals surface area contributed by atoms with Crippen molar-refractivity contribution in [3.05, 3.63) is 35.9 Å². The van der Waals surface area contributed by atoms with Crippen LogP contribution < -0.4 is 0 Å². The maximum atomic E-state index is 2.71. The molecule has 0 heterocycles. The molecule has 0 atom stereocenters. The fourth-order valence-corrected chi connectivity index (χ4v) is 9.27. The molecule has 0 unspecified atom stereocenters. The van der Waals surface area contributed by atoms with Crippen LogP contribution in [0.3, 0.4) is 0 Å². The molecule has 84 valence electrons. The molecule has 1 aromatic carbocycles. The largest absolute Gasteiger partial charge is 0.351 e. The molecule has 3 heteroatoms. The van der Waals surface area contributed by atoms with Crippen LogP contribution >= 0.6 is 0 Å². The van der Waals surface area contributed by atoms with E-state index in [-0.39, 0.29) is 0 Å². The Morgan fingerprint density at radius 3 is 2.13 bits per heavy atom. The van der Waals surface area contributed by atoms with Gasteiger partial charge in [-0.2, -0.15) is 0 Å². The van der Waals surface area contributed by atoms with E-state index in [0.29, 0.717) is 0 Å². The van der Waals surface area contributed by atoms with Crippen LogP contribution in [0.1, 0.15) is 5.56 Å². The lowest BCUT2D eigenvalue weighted by Gasteiger charge is -2.36.